The minimum absolute atomic E-state index is 0.0569. The van der Waals surface area contributed by atoms with Gasteiger partial charge in [0.2, 0.25) is 0 Å². The molecule has 0 aliphatic heterocycles. The number of aliphatic hydroxyl groups excluding tert-OH is 1. The lowest BCUT2D eigenvalue weighted by Gasteiger charge is -2.15. The second-order valence-corrected chi connectivity index (χ2v) is 4.26. The molecule has 0 fully saturated rings. The number of hydrogen-bond donors (Lipinski definition) is 1. The van der Waals surface area contributed by atoms with Crippen LogP contribution in [0.2, 0.25) is 0 Å². The van der Waals surface area contributed by atoms with Crippen LogP contribution in [0.1, 0.15) is 20.8 Å². The Morgan fingerprint density at radius 1 is 1.15 bits per heavy atom. The van der Waals surface area contributed by atoms with Crippen LogP contribution in [-0.4, -0.2) is 11.2 Å². The van der Waals surface area contributed by atoms with Crippen LogP contribution >= 0.6 is 0 Å². The van der Waals surface area contributed by atoms with Crippen LogP contribution < -0.4 is 0 Å². The molecule has 13 heavy (non-hydrogen) atoms. The van der Waals surface area contributed by atoms with Crippen molar-refractivity contribution in [2.45, 2.75) is 26.9 Å². The Hall–Kier alpha value is -0.820. The van der Waals surface area contributed by atoms with Gasteiger partial charge in [-0.05, 0) is 5.41 Å². The summed E-state index contributed by atoms with van der Waals surface area (Å²) < 4.78 is 0. The molecule has 0 aliphatic carbocycles. The summed E-state index contributed by atoms with van der Waals surface area (Å²) in [4.78, 5) is 0. The highest BCUT2D eigenvalue weighted by atomic mass is 16.3. The summed E-state index contributed by atoms with van der Waals surface area (Å²) in [6.07, 6.45) is 6.69. The fourth-order valence-electron chi connectivity index (χ4n) is 0.891. The topological polar surface area (TPSA) is 20.2 Å². The van der Waals surface area contributed by atoms with Gasteiger partial charge in [-0.15, -0.1) is 13.2 Å². The predicted octanol–water partition coefficient (Wildman–Crippen LogP) is 2.94. The van der Waals surface area contributed by atoms with E-state index in [-0.39, 0.29) is 11.3 Å². The first-order valence-corrected chi connectivity index (χ1v) is 4.53. The summed E-state index contributed by atoms with van der Waals surface area (Å²) in [5.74, 6) is -0.0569. The molecule has 0 rings (SSSR count). The lowest BCUT2D eigenvalue weighted by atomic mass is 9.93. The standard InChI is InChI=1S/C12H20O/c1-6-10(7-2)11(13)8-9-12(3,4)5/h6-11,13H,1-2H2,3-5H3/b9-8+. The van der Waals surface area contributed by atoms with Crippen LogP contribution in [0.5, 0.6) is 0 Å². The quantitative estimate of drug-likeness (QED) is 0.659. The van der Waals surface area contributed by atoms with Gasteiger partial charge in [0.15, 0.2) is 0 Å². The molecule has 0 saturated carbocycles. The molecule has 0 amide bonds. The van der Waals surface area contributed by atoms with E-state index in [0.717, 1.165) is 0 Å². The van der Waals surface area contributed by atoms with E-state index >= 15 is 0 Å². The molecule has 0 aliphatic rings. The SMILES string of the molecule is C=CC(C=C)C(O)/C=C/C(C)(C)C. The van der Waals surface area contributed by atoms with Crippen LogP contribution in [0.3, 0.4) is 0 Å². The lowest BCUT2D eigenvalue weighted by molar-refractivity contribution is 0.196. The first kappa shape index (κ1) is 12.2. The Morgan fingerprint density at radius 3 is 1.92 bits per heavy atom. The van der Waals surface area contributed by atoms with E-state index in [1.807, 2.05) is 6.08 Å². The lowest BCUT2D eigenvalue weighted by Crippen LogP contribution is -2.14. The fraction of sp³-hybridized carbons (Fsp3) is 0.500. The molecule has 0 aromatic rings. The summed E-state index contributed by atoms with van der Waals surface area (Å²) in [7, 11) is 0. The van der Waals surface area contributed by atoms with E-state index in [2.05, 4.69) is 33.9 Å². The zero-order chi connectivity index (χ0) is 10.5. The molecule has 0 bridgehead atoms. The Bertz CT molecular complexity index is 188. The van der Waals surface area contributed by atoms with Gasteiger partial charge < -0.3 is 5.11 Å². The average molecular weight is 180 g/mol. The van der Waals surface area contributed by atoms with Crippen molar-refractivity contribution in [1.82, 2.24) is 0 Å². The molecule has 1 N–H and O–H groups in total. The van der Waals surface area contributed by atoms with Crippen molar-refractivity contribution in [2.24, 2.45) is 11.3 Å². The van der Waals surface area contributed by atoms with Gasteiger partial charge >= 0.3 is 0 Å². The highest BCUT2D eigenvalue weighted by Crippen LogP contribution is 2.17. The van der Waals surface area contributed by atoms with Crippen LogP contribution in [0.15, 0.2) is 37.5 Å². The first-order chi connectivity index (χ1) is 5.90. The molecule has 1 unspecified atom stereocenters. The average Bonchev–Trinajstić information content (AvgIpc) is 2.02. The highest BCUT2D eigenvalue weighted by molar-refractivity contribution is 5.06. The van der Waals surface area contributed by atoms with Gasteiger partial charge in [0.05, 0.1) is 6.10 Å². The van der Waals surface area contributed by atoms with Gasteiger partial charge in [-0.2, -0.15) is 0 Å². The van der Waals surface area contributed by atoms with Crippen molar-refractivity contribution >= 4 is 0 Å². The van der Waals surface area contributed by atoms with E-state index in [1.165, 1.54) is 0 Å². The highest BCUT2D eigenvalue weighted by Gasteiger charge is 2.10. The van der Waals surface area contributed by atoms with Gasteiger partial charge in [0.1, 0.15) is 0 Å². The maximum Gasteiger partial charge on any atom is 0.0818 e. The maximum atomic E-state index is 9.64. The third-order valence-corrected chi connectivity index (χ3v) is 1.73. The van der Waals surface area contributed by atoms with Crippen molar-refractivity contribution in [3.05, 3.63) is 37.5 Å². The van der Waals surface area contributed by atoms with Crippen LogP contribution in [0.4, 0.5) is 0 Å². The van der Waals surface area contributed by atoms with E-state index in [4.69, 9.17) is 0 Å². The fourth-order valence-corrected chi connectivity index (χ4v) is 0.891. The molecule has 0 spiro atoms. The van der Waals surface area contributed by atoms with E-state index in [9.17, 15) is 5.11 Å². The molecule has 0 heterocycles. The monoisotopic (exact) mass is 180 g/mol. The molecule has 1 atom stereocenters. The number of aliphatic hydroxyl groups is 1. The molecular formula is C12H20O. The molecule has 1 heteroatoms. The molecular weight excluding hydrogens is 160 g/mol. The zero-order valence-corrected chi connectivity index (χ0v) is 8.83. The van der Waals surface area contributed by atoms with E-state index < -0.39 is 6.10 Å². The van der Waals surface area contributed by atoms with Crippen LogP contribution in [-0.2, 0) is 0 Å². The van der Waals surface area contributed by atoms with E-state index in [1.54, 1.807) is 18.2 Å². The Kier molecular flexibility index (Phi) is 4.71. The summed E-state index contributed by atoms with van der Waals surface area (Å²) in [5, 5.41) is 9.64. The second kappa shape index (κ2) is 5.03. The van der Waals surface area contributed by atoms with E-state index in [0.29, 0.717) is 0 Å². The number of hydrogen-bond acceptors (Lipinski definition) is 1. The van der Waals surface area contributed by atoms with Crippen LogP contribution in [0.25, 0.3) is 0 Å². The molecule has 74 valence electrons. The summed E-state index contributed by atoms with van der Waals surface area (Å²) in [6, 6.07) is 0. The third-order valence-electron chi connectivity index (χ3n) is 1.73. The van der Waals surface area contributed by atoms with Gasteiger partial charge in [0.25, 0.3) is 0 Å². The van der Waals surface area contributed by atoms with Crippen molar-refractivity contribution in [2.75, 3.05) is 0 Å². The normalized spacial score (nSPS) is 14.8. The molecule has 1 nitrogen and oxygen atoms in total. The Balaban J connectivity index is 4.28. The Labute approximate surface area is 81.5 Å². The number of allylic oxidation sites excluding steroid dienone is 1. The predicted molar refractivity (Wildman–Crippen MR) is 58.5 cm³/mol. The van der Waals surface area contributed by atoms with Crippen molar-refractivity contribution in [1.29, 1.82) is 0 Å². The summed E-state index contributed by atoms with van der Waals surface area (Å²) in [5.41, 5.74) is 0.105. The maximum absolute atomic E-state index is 9.64. The second-order valence-electron chi connectivity index (χ2n) is 4.26. The van der Waals surface area contributed by atoms with Crippen molar-refractivity contribution in [3.8, 4) is 0 Å². The minimum Gasteiger partial charge on any atom is -0.388 e. The van der Waals surface area contributed by atoms with Crippen molar-refractivity contribution in [3.63, 3.8) is 0 Å². The Morgan fingerprint density at radius 2 is 1.62 bits per heavy atom. The molecule has 0 aromatic carbocycles. The van der Waals surface area contributed by atoms with Gasteiger partial charge in [-0.3, -0.25) is 0 Å². The minimum atomic E-state index is -0.505. The molecule has 0 saturated heterocycles. The molecule has 0 aromatic heterocycles. The summed E-state index contributed by atoms with van der Waals surface area (Å²) in [6.45, 7) is 13.5. The zero-order valence-electron chi connectivity index (χ0n) is 8.83. The molecule has 0 radical (unpaired) electrons. The van der Waals surface area contributed by atoms with Crippen LogP contribution in [0, 0.1) is 11.3 Å². The van der Waals surface area contributed by atoms with Crippen molar-refractivity contribution < 1.29 is 5.11 Å². The van der Waals surface area contributed by atoms with Gasteiger partial charge in [-0.25, -0.2) is 0 Å². The van der Waals surface area contributed by atoms with Gasteiger partial charge in [0, 0.05) is 5.92 Å². The first-order valence-electron chi connectivity index (χ1n) is 4.53. The number of rotatable bonds is 4. The van der Waals surface area contributed by atoms with Gasteiger partial charge in [-0.1, -0.05) is 45.1 Å². The third kappa shape index (κ3) is 5.42. The summed E-state index contributed by atoms with van der Waals surface area (Å²) >= 11 is 0. The smallest absolute Gasteiger partial charge is 0.0818 e. The largest absolute Gasteiger partial charge is 0.388 e.